The summed E-state index contributed by atoms with van der Waals surface area (Å²) < 4.78 is 6.18. The van der Waals surface area contributed by atoms with Crippen molar-refractivity contribution in [3.63, 3.8) is 0 Å². The molecule has 0 spiro atoms. The van der Waals surface area contributed by atoms with Crippen molar-refractivity contribution in [2.24, 2.45) is 0 Å². The second-order valence-electron chi connectivity index (χ2n) is 5.25. The van der Waals surface area contributed by atoms with E-state index in [1.54, 1.807) is 19.4 Å². The molecule has 0 aliphatic heterocycles. The molecule has 23 heavy (non-hydrogen) atoms. The zero-order valence-electron chi connectivity index (χ0n) is 12.8. The second kappa shape index (κ2) is 7.02. The van der Waals surface area contributed by atoms with Crippen molar-refractivity contribution < 1.29 is 9.84 Å². The summed E-state index contributed by atoms with van der Waals surface area (Å²) in [5.74, 6) is 0.672. The van der Waals surface area contributed by atoms with Crippen LogP contribution in [0.25, 0.3) is 11.0 Å². The number of benzene rings is 1. The number of aromatic nitrogens is 2. The van der Waals surface area contributed by atoms with Gasteiger partial charge in [-0.15, -0.1) is 0 Å². The summed E-state index contributed by atoms with van der Waals surface area (Å²) in [5.41, 5.74) is 3.09. The summed E-state index contributed by atoms with van der Waals surface area (Å²) in [5, 5.41) is 14.1. The highest BCUT2D eigenvalue weighted by atomic mass is 79.9. The van der Waals surface area contributed by atoms with Crippen LogP contribution in [0.4, 0.5) is 0 Å². The van der Waals surface area contributed by atoms with E-state index in [1.165, 1.54) is 0 Å². The number of rotatable bonds is 6. The molecule has 3 N–H and O–H groups in total. The van der Waals surface area contributed by atoms with Crippen LogP contribution in [0.15, 0.2) is 41.0 Å². The van der Waals surface area contributed by atoms with Crippen molar-refractivity contribution in [1.29, 1.82) is 0 Å². The molecular weight excluding hydrogens is 358 g/mol. The molecule has 0 saturated heterocycles. The first kappa shape index (κ1) is 15.8. The molecule has 0 atom stereocenters. The Morgan fingerprint density at radius 2 is 2.22 bits per heavy atom. The van der Waals surface area contributed by atoms with Crippen LogP contribution in [0.3, 0.4) is 0 Å². The first-order valence-corrected chi connectivity index (χ1v) is 8.16. The van der Waals surface area contributed by atoms with E-state index in [4.69, 9.17) is 4.74 Å². The molecule has 1 aromatic carbocycles. The van der Waals surface area contributed by atoms with Crippen molar-refractivity contribution in [3.05, 3.63) is 52.3 Å². The van der Waals surface area contributed by atoms with Crippen LogP contribution in [0.5, 0.6) is 11.5 Å². The minimum absolute atomic E-state index is 0.165. The molecule has 3 aromatic rings. The SMILES string of the molecule is COc1cc(CCNCc2[nH]c3ncccc3c2Br)ccc1O. The van der Waals surface area contributed by atoms with Crippen molar-refractivity contribution in [3.8, 4) is 11.5 Å². The zero-order chi connectivity index (χ0) is 16.2. The van der Waals surface area contributed by atoms with E-state index in [0.29, 0.717) is 5.75 Å². The standard InChI is InChI=1S/C17H18BrN3O2/c1-23-15-9-11(4-5-14(15)22)6-8-19-10-13-16(18)12-3-2-7-20-17(12)21-13/h2-5,7,9,19,22H,6,8,10H2,1H3,(H,20,21). The van der Waals surface area contributed by atoms with E-state index in [2.05, 4.69) is 31.2 Å². The van der Waals surface area contributed by atoms with Gasteiger partial charge in [0.1, 0.15) is 5.65 Å². The molecule has 0 aliphatic carbocycles. The summed E-state index contributed by atoms with van der Waals surface area (Å²) in [7, 11) is 1.55. The average molecular weight is 376 g/mol. The number of fused-ring (bicyclic) bond motifs is 1. The van der Waals surface area contributed by atoms with E-state index >= 15 is 0 Å². The van der Waals surface area contributed by atoms with Gasteiger partial charge in [-0.2, -0.15) is 0 Å². The Labute approximate surface area is 142 Å². The number of aromatic amines is 1. The summed E-state index contributed by atoms with van der Waals surface area (Å²) in [6.07, 6.45) is 2.63. The molecule has 0 bridgehead atoms. The molecule has 2 heterocycles. The van der Waals surface area contributed by atoms with Gasteiger partial charge in [-0.05, 0) is 58.7 Å². The highest BCUT2D eigenvalue weighted by Gasteiger charge is 2.09. The Hall–Kier alpha value is -2.05. The van der Waals surface area contributed by atoms with Crippen molar-refractivity contribution in [2.45, 2.75) is 13.0 Å². The maximum atomic E-state index is 9.60. The number of methoxy groups -OCH3 is 1. The molecule has 120 valence electrons. The maximum absolute atomic E-state index is 9.60. The first-order chi connectivity index (χ1) is 11.2. The number of phenolic OH excluding ortho intramolecular Hbond substituents is 1. The maximum Gasteiger partial charge on any atom is 0.160 e. The van der Waals surface area contributed by atoms with E-state index in [0.717, 1.165) is 46.3 Å². The zero-order valence-corrected chi connectivity index (χ0v) is 14.4. The van der Waals surface area contributed by atoms with Crippen LogP contribution in [0.1, 0.15) is 11.3 Å². The van der Waals surface area contributed by atoms with E-state index in [-0.39, 0.29) is 5.75 Å². The Morgan fingerprint density at radius 3 is 3.00 bits per heavy atom. The van der Waals surface area contributed by atoms with Crippen LogP contribution in [0, 0.1) is 0 Å². The molecule has 0 radical (unpaired) electrons. The topological polar surface area (TPSA) is 70.2 Å². The molecule has 3 rings (SSSR count). The molecule has 5 nitrogen and oxygen atoms in total. The highest BCUT2D eigenvalue weighted by Crippen LogP contribution is 2.27. The van der Waals surface area contributed by atoms with Crippen LogP contribution in [-0.2, 0) is 13.0 Å². The van der Waals surface area contributed by atoms with Gasteiger partial charge < -0.3 is 20.1 Å². The minimum atomic E-state index is 0.165. The summed E-state index contributed by atoms with van der Waals surface area (Å²) in [6, 6.07) is 9.39. The smallest absolute Gasteiger partial charge is 0.160 e. The van der Waals surface area contributed by atoms with Gasteiger partial charge in [-0.1, -0.05) is 6.07 Å². The number of hydrogen-bond acceptors (Lipinski definition) is 4. The van der Waals surface area contributed by atoms with Crippen LogP contribution < -0.4 is 10.1 Å². The van der Waals surface area contributed by atoms with Gasteiger partial charge in [0.2, 0.25) is 0 Å². The number of hydrogen-bond donors (Lipinski definition) is 3. The number of H-pyrrole nitrogens is 1. The Morgan fingerprint density at radius 1 is 1.35 bits per heavy atom. The summed E-state index contributed by atoms with van der Waals surface area (Å²) in [4.78, 5) is 7.63. The molecule has 0 saturated carbocycles. The van der Waals surface area contributed by atoms with Crippen molar-refractivity contribution in [1.82, 2.24) is 15.3 Å². The number of ether oxygens (including phenoxy) is 1. The molecular formula is C17H18BrN3O2. The van der Waals surface area contributed by atoms with Crippen LogP contribution in [-0.4, -0.2) is 28.7 Å². The minimum Gasteiger partial charge on any atom is -0.504 e. The predicted octanol–water partition coefficient (Wildman–Crippen LogP) is 3.37. The third-order valence-corrected chi connectivity index (χ3v) is 4.62. The Kier molecular flexibility index (Phi) is 4.83. The van der Waals surface area contributed by atoms with Crippen molar-refractivity contribution >= 4 is 27.0 Å². The average Bonchev–Trinajstić information content (AvgIpc) is 2.89. The lowest BCUT2D eigenvalue weighted by molar-refractivity contribution is 0.373. The molecule has 0 fully saturated rings. The summed E-state index contributed by atoms with van der Waals surface area (Å²) in [6.45, 7) is 1.55. The fourth-order valence-electron chi connectivity index (χ4n) is 2.49. The number of aromatic hydroxyl groups is 1. The fourth-order valence-corrected chi connectivity index (χ4v) is 3.05. The number of phenols is 1. The molecule has 0 aliphatic rings. The second-order valence-corrected chi connectivity index (χ2v) is 6.04. The largest absolute Gasteiger partial charge is 0.504 e. The van der Waals surface area contributed by atoms with Crippen LogP contribution in [0.2, 0.25) is 0 Å². The molecule has 6 heteroatoms. The predicted molar refractivity (Wildman–Crippen MR) is 93.9 cm³/mol. The molecule has 2 aromatic heterocycles. The normalized spacial score (nSPS) is 11.0. The number of nitrogens with one attached hydrogen (secondary N) is 2. The number of halogens is 1. The lowest BCUT2D eigenvalue weighted by atomic mass is 10.1. The fraction of sp³-hybridized carbons (Fsp3) is 0.235. The van der Waals surface area contributed by atoms with Gasteiger partial charge in [-0.25, -0.2) is 4.98 Å². The Bertz CT molecular complexity index is 817. The van der Waals surface area contributed by atoms with Gasteiger partial charge in [0.25, 0.3) is 0 Å². The quantitative estimate of drug-likeness (QED) is 0.577. The van der Waals surface area contributed by atoms with Gasteiger partial charge >= 0.3 is 0 Å². The van der Waals surface area contributed by atoms with E-state index < -0.39 is 0 Å². The third kappa shape index (κ3) is 3.48. The third-order valence-electron chi connectivity index (χ3n) is 3.71. The van der Waals surface area contributed by atoms with Gasteiger partial charge in [0.05, 0.1) is 7.11 Å². The van der Waals surface area contributed by atoms with Gasteiger partial charge in [0, 0.05) is 28.3 Å². The Balaban J connectivity index is 1.58. The molecule has 0 amide bonds. The number of pyridine rings is 1. The first-order valence-electron chi connectivity index (χ1n) is 7.36. The van der Waals surface area contributed by atoms with Crippen LogP contribution >= 0.6 is 15.9 Å². The number of nitrogens with zero attached hydrogens (tertiary/aromatic N) is 1. The van der Waals surface area contributed by atoms with E-state index in [9.17, 15) is 5.11 Å². The monoisotopic (exact) mass is 375 g/mol. The van der Waals surface area contributed by atoms with E-state index in [1.807, 2.05) is 24.3 Å². The highest BCUT2D eigenvalue weighted by molar-refractivity contribution is 9.10. The van der Waals surface area contributed by atoms with Gasteiger partial charge in [-0.3, -0.25) is 0 Å². The summed E-state index contributed by atoms with van der Waals surface area (Å²) >= 11 is 3.62. The van der Waals surface area contributed by atoms with Gasteiger partial charge in [0.15, 0.2) is 11.5 Å². The lowest BCUT2D eigenvalue weighted by Crippen LogP contribution is -2.17. The van der Waals surface area contributed by atoms with Crippen molar-refractivity contribution in [2.75, 3.05) is 13.7 Å². The molecule has 0 unspecified atom stereocenters. The lowest BCUT2D eigenvalue weighted by Gasteiger charge is -2.07.